The average molecular weight is 576 g/mol. The fourth-order valence-electron chi connectivity index (χ4n) is 4.79. The van der Waals surface area contributed by atoms with Gasteiger partial charge in [0.1, 0.15) is 5.75 Å². The number of methoxy groups -OCH3 is 1. The number of morpholine rings is 1. The van der Waals surface area contributed by atoms with Gasteiger partial charge >= 0.3 is 0 Å². The highest BCUT2D eigenvalue weighted by molar-refractivity contribution is 7.89. The summed E-state index contributed by atoms with van der Waals surface area (Å²) >= 11 is 6.25. The minimum absolute atomic E-state index is 0.0940. The van der Waals surface area contributed by atoms with E-state index in [4.69, 9.17) is 25.6 Å². The first-order chi connectivity index (χ1) is 18.8. The third kappa shape index (κ3) is 6.25. The van der Waals surface area contributed by atoms with Crippen LogP contribution in [-0.4, -0.2) is 80.2 Å². The van der Waals surface area contributed by atoms with Crippen LogP contribution in [0.3, 0.4) is 0 Å². The number of anilines is 1. The van der Waals surface area contributed by atoms with Gasteiger partial charge in [-0.1, -0.05) is 28.9 Å². The fourth-order valence-corrected chi connectivity index (χ4v) is 6.45. The molecule has 0 aliphatic carbocycles. The summed E-state index contributed by atoms with van der Waals surface area (Å²) in [5.74, 6) is 0.722. The largest absolute Gasteiger partial charge is 0.495 e. The van der Waals surface area contributed by atoms with Gasteiger partial charge in [0, 0.05) is 25.2 Å². The van der Waals surface area contributed by atoms with Crippen molar-refractivity contribution in [3.05, 3.63) is 53.4 Å². The zero-order valence-corrected chi connectivity index (χ0v) is 23.1. The van der Waals surface area contributed by atoms with Crippen molar-refractivity contribution in [2.24, 2.45) is 5.92 Å². The number of nitrogens with zero attached hydrogens (tertiary/aromatic N) is 4. The van der Waals surface area contributed by atoms with Gasteiger partial charge in [0.25, 0.3) is 0 Å². The summed E-state index contributed by atoms with van der Waals surface area (Å²) < 4.78 is 43.8. The van der Waals surface area contributed by atoms with Gasteiger partial charge < -0.3 is 19.3 Å². The number of piperidine rings is 1. The number of halogens is 1. The van der Waals surface area contributed by atoms with Crippen LogP contribution >= 0.6 is 11.6 Å². The average Bonchev–Trinajstić information content (AvgIpc) is 3.42. The van der Waals surface area contributed by atoms with Crippen molar-refractivity contribution < 1.29 is 27.2 Å². The summed E-state index contributed by atoms with van der Waals surface area (Å²) in [4.78, 5) is 19.9. The van der Waals surface area contributed by atoms with E-state index in [0.29, 0.717) is 66.5 Å². The second-order valence-electron chi connectivity index (χ2n) is 9.43. The lowest BCUT2D eigenvalue weighted by atomic mass is 9.97. The van der Waals surface area contributed by atoms with Gasteiger partial charge in [-0.2, -0.15) is 9.29 Å². The van der Waals surface area contributed by atoms with E-state index in [-0.39, 0.29) is 29.8 Å². The molecule has 1 unspecified atom stereocenters. The molecule has 2 aliphatic heterocycles. The van der Waals surface area contributed by atoms with Crippen LogP contribution in [0.1, 0.15) is 18.7 Å². The second kappa shape index (κ2) is 12.0. The normalized spacial score (nSPS) is 19.1. The van der Waals surface area contributed by atoms with E-state index in [1.54, 1.807) is 12.1 Å². The summed E-state index contributed by atoms with van der Waals surface area (Å²) in [5.41, 5.74) is 1.01. The highest BCUT2D eigenvalue weighted by atomic mass is 35.5. The number of nitrogens with one attached hydrogen (secondary N) is 1. The Balaban J connectivity index is 1.25. The quantitative estimate of drug-likeness (QED) is 0.430. The number of hydrogen-bond acceptors (Lipinski definition) is 9. The Hall–Kier alpha value is -3.03. The highest BCUT2D eigenvalue weighted by Crippen LogP contribution is 2.31. The predicted octanol–water partition coefficient (Wildman–Crippen LogP) is 3.27. The summed E-state index contributed by atoms with van der Waals surface area (Å²) in [6.07, 6.45) is 1.51. The van der Waals surface area contributed by atoms with Crippen LogP contribution in [0, 0.1) is 5.92 Å². The molecule has 11 nitrogen and oxygen atoms in total. The molecule has 3 aromatic rings. The van der Waals surface area contributed by atoms with Gasteiger partial charge in [-0.25, -0.2) is 8.42 Å². The van der Waals surface area contributed by atoms with Crippen LogP contribution in [0.25, 0.3) is 11.4 Å². The van der Waals surface area contributed by atoms with Gasteiger partial charge in [0.05, 0.1) is 48.4 Å². The van der Waals surface area contributed by atoms with Crippen LogP contribution in [0.4, 0.5) is 5.69 Å². The standard InChI is InChI=1S/C26H30ClN5O6S/c1-36-23-9-8-19(39(34,35)32-11-13-37-14-12-32)15-22(23)28-26(33)18-5-4-10-31(16-18)17-24-29-25(30-38-24)20-6-2-3-7-21(20)27/h2-3,6-9,15,18H,4-5,10-14,16-17H2,1H3,(H,28,33). The molecule has 1 aromatic heterocycles. The molecule has 0 radical (unpaired) electrons. The van der Waals surface area contributed by atoms with E-state index >= 15 is 0 Å². The zero-order valence-electron chi connectivity index (χ0n) is 21.5. The highest BCUT2D eigenvalue weighted by Gasteiger charge is 2.30. The molecule has 13 heteroatoms. The van der Waals surface area contributed by atoms with Crippen LogP contribution in [0.5, 0.6) is 5.75 Å². The van der Waals surface area contributed by atoms with Crippen LogP contribution in [0.2, 0.25) is 5.02 Å². The molecule has 0 saturated carbocycles. The maximum absolute atomic E-state index is 13.3. The molecule has 0 bridgehead atoms. The molecule has 3 heterocycles. The van der Waals surface area contributed by atoms with Crippen molar-refractivity contribution in [2.75, 3.05) is 51.8 Å². The number of rotatable bonds is 8. The summed E-state index contributed by atoms with van der Waals surface area (Å²) in [7, 11) is -2.25. The molecule has 1 atom stereocenters. The molecular weight excluding hydrogens is 546 g/mol. The first-order valence-electron chi connectivity index (χ1n) is 12.7. The van der Waals surface area contributed by atoms with E-state index in [1.165, 1.54) is 23.5 Å². The number of likely N-dealkylation sites (tertiary alicyclic amines) is 1. The zero-order chi connectivity index (χ0) is 27.4. The Morgan fingerprint density at radius 3 is 2.74 bits per heavy atom. The number of ether oxygens (including phenoxy) is 2. The summed E-state index contributed by atoms with van der Waals surface area (Å²) in [6.45, 7) is 2.94. The Labute approximate surface area is 232 Å². The topological polar surface area (TPSA) is 127 Å². The molecular formula is C26H30ClN5O6S. The second-order valence-corrected chi connectivity index (χ2v) is 11.8. The maximum Gasteiger partial charge on any atom is 0.243 e. The van der Waals surface area contributed by atoms with E-state index in [9.17, 15) is 13.2 Å². The number of carbonyl (C=O) groups is 1. The van der Waals surface area contributed by atoms with E-state index in [1.807, 2.05) is 18.2 Å². The number of carbonyl (C=O) groups excluding carboxylic acids is 1. The van der Waals surface area contributed by atoms with Gasteiger partial charge in [-0.3, -0.25) is 9.69 Å². The number of aromatic nitrogens is 2. The summed E-state index contributed by atoms with van der Waals surface area (Å²) in [6, 6.07) is 11.8. The smallest absolute Gasteiger partial charge is 0.243 e. The lowest BCUT2D eigenvalue weighted by Gasteiger charge is -2.31. The van der Waals surface area contributed by atoms with E-state index in [0.717, 1.165) is 13.0 Å². The van der Waals surface area contributed by atoms with Crippen molar-refractivity contribution >= 4 is 33.2 Å². The van der Waals surface area contributed by atoms with Crippen LogP contribution in [0.15, 0.2) is 51.9 Å². The van der Waals surface area contributed by atoms with Crippen molar-refractivity contribution in [1.82, 2.24) is 19.3 Å². The van der Waals surface area contributed by atoms with E-state index in [2.05, 4.69) is 20.4 Å². The molecule has 1 N–H and O–H groups in total. The Kier molecular flexibility index (Phi) is 8.48. The molecule has 2 aliphatic rings. The molecule has 208 valence electrons. The lowest BCUT2D eigenvalue weighted by molar-refractivity contribution is -0.121. The van der Waals surface area contributed by atoms with Gasteiger partial charge in [-0.15, -0.1) is 0 Å². The van der Waals surface area contributed by atoms with Crippen LogP contribution in [-0.2, 0) is 26.1 Å². The maximum atomic E-state index is 13.3. The third-order valence-electron chi connectivity index (χ3n) is 6.85. The van der Waals surface area contributed by atoms with Crippen molar-refractivity contribution in [3.63, 3.8) is 0 Å². The van der Waals surface area contributed by atoms with Gasteiger partial charge in [0.2, 0.25) is 27.6 Å². The molecule has 5 rings (SSSR count). The Morgan fingerprint density at radius 2 is 1.97 bits per heavy atom. The fraction of sp³-hybridized carbons (Fsp3) is 0.423. The molecule has 2 aromatic carbocycles. The molecule has 2 saturated heterocycles. The van der Waals surface area contributed by atoms with Gasteiger partial charge in [-0.05, 0) is 49.7 Å². The van der Waals surface area contributed by atoms with Crippen molar-refractivity contribution in [1.29, 1.82) is 0 Å². The SMILES string of the molecule is COc1ccc(S(=O)(=O)N2CCOCC2)cc1NC(=O)C1CCCN(Cc2nc(-c3ccccc3Cl)no2)C1. The van der Waals surface area contributed by atoms with Crippen LogP contribution < -0.4 is 10.1 Å². The van der Waals surface area contributed by atoms with Gasteiger partial charge in [0.15, 0.2) is 0 Å². The summed E-state index contributed by atoms with van der Waals surface area (Å²) in [5, 5.41) is 7.49. The third-order valence-corrected chi connectivity index (χ3v) is 9.08. The minimum atomic E-state index is -3.73. The first-order valence-corrected chi connectivity index (χ1v) is 14.5. The predicted molar refractivity (Wildman–Crippen MR) is 144 cm³/mol. The first kappa shape index (κ1) is 27.5. The number of hydrogen-bond donors (Lipinski definition) is 1. The van der Waals surface area contributed by atoms with Crippen molar-refractivity contribution in [2.45, 2.75) is 24.3 Å². The monoisotopic (exact) mass is 575 g/mol. The molecule has 1 amide bonds. The molecule has 2 fully saturated rings. The molecule has 39 heavy (non-hydrogen) atoms. The van der Waals surface area contributed by atoms with Crippen molar-refractivity contribution in [3.8, 4) is 17.1 Å². The Morgan fingerprint density at radius 1 is 1.18 bits per heavy atom. The number of sulfonamides is 1. The Bertz CT molecular complexity index is 1430. The number of benzene rings is 2. The molecule has 0 spiro atoms. The number of amides is 1. The van der Waals surface area contributed by atoms with E-state index < -0.39 is 10.0 Å². The lowest BCUT2D eigenvalue weighted by Crippen LogP contribution is -2.41. The minimum Gasteiger partial charge on any atom is -0.495 e.